The number of phenols is 1. The maximum Gasteiger partial charge on any atom is 0.122 e. The molecule has 2 aromatic carbocycles. The quantitative estimate of drug-likeness (QED) is 0.465. The van der Waals surface area contributed by atoms with Crippen molar-refractivity contribution in [3.63, 3.8) is 0 Å². The molecule has 0 radical (unpaired) electrons. The highest BCUT2D eigenvalue weighted by Gasteiger charge is 2.21. The fraction of sp³-hybridized carbons (Fsp3) is 0.586. The lowest BCUT2D eigenvalue weighted by Crippen LogP contribution is -2.09. The molecule has 0 aliphatic heterocycles. The monoisotopic (exact) mass is 406 g/mol. The molecule has 2 aromatic rings. The number of hydrogen-bond acceptors (Lipinski definition) is 1. The summed E-state index contributed by atoms with van der Waals surface area (Å²) >= 11 is 0. The summed E-state index contributed by atoms with van der Waals surface area (Å²) in [5.74, 6) is 1.74. The lowest BCUT2D eigenvalue weighted by molar-refractivity contribution is 0.441. The van der Waals surface area contributed by atoms with Crippen LogP contribution in [-0.2, 0) is 6.42 Å². The molecule has 0 atom stereocenters. The van der Waals surface area contributed by atoms with E-state index in [1.165, 1.54) is 59.9 Å². The van der Waals surface area contributed by atoms with Crippen LogP contribution in [0.2, 0.25) is 0 Å². The number of phenolic OH excluding ortho intramolecular Hbond substituents is 1. The molecule has 0 bridgehead atoms. The molecular weight excluding hydrogens is 364 g/mol. The second-order valence-electron chi connectivity index (χ2n) is 9.79. The first kappa shape index (κ1) is 22.9. The van der Waals surface area contributed by atoms with Crippen LogP contribution < -0.4 is 0 Å². The van der Waals surface area contributed by atoms with Crippen molar-refractivity contribution in [2.24, 2.45) is 0 Å². The number of aromatic hydroxyl groups is 1. The lowest BCUT2D eigenvalue weighted by Gasteiger charge is -2.26. The van der Waals surface area contributed by atoms with Gasteiger partial charge in [0.1, 0.15) is 5.75 Å². The Labute approximate surface area is 184 Å². The largest absolute Gasteiger partial charge is 0.507 e. The summed E-state index contributed by atoms with van der Waals surface area (Å²) in [4.78, 5) is 0. The van der Waals surface area contributed by atoms with Gasteiger partial charge in [-0.25, -0.2) is 0 Å². The van der Waals surface area contributed by atoms with Gasteiger partial charge in [-0.15, -0.1) is 0 Å². The van der Waals surface area contributed by atoms with E-state index >= 15 is 0 Å². The van der Waals surface area contributed by atoms with E-state index in [-0.39, 0.29) is 0 Å². The van der Waals surface area contributed by atoms with Gasteiger partial charge in [0.05, 0.1) is 0 Å². The van der Waals surface area contributed by atoms with E-state index in [1.807, 2.05) is 0 Å². The summed E-state index contributed by atoms with van der Waals surface area (Å²) in [6.07, 6.45) is 12.3. The maximum atomic E-state index is 11.3. The number of hydrogen-bond donors (Lipinski definition) is 1. The molecule has 0 spiro atoms. The fourth-order valence-corrected chi connectivity index (χ4v) is 5.67. The van der Waals surface area contributed by atoms with Crippen molar-refractivity contribution in [2.45, 2.75) is 111 Å². The Morgan fingerprint density at radius 3 is 2.07 bits per heavy atom. The Bertz CT molecular complexity index is 836. The van der Waals surface area contributed by atoms with Crippen LogP contribution in [0.25, 0.3) is 0 Å². The highest BCUT2D eigenvalue weighted by atomic mass is 16.3. The van der Waals surface area contributed by atoms with E-state index in [0.29, 0.717) is 11.7 Å². The van der Waals surface area contributed by atoms with Crippen LogP contribution in [0.5, 0.6) is 5.75 Å². The van der Waals surface area contributed by atoms with Crippen molar-refractivity contribution in [2.75, 3.05) is 0 Å². The highest BCUT2D eigenvalue weighted by Crippen LogP contribution is 2.39. The summed E-state index contributed by atoms with van der Waals surface area (Å²) in [5, 5.41) is 11.3. The highest BCUT2D eigenvalue weighted by molar-refractivity contribution is 5.50. The first-order valence-electron chi connectivity index (χ1n) is 12.4. The molecule has 3 rings (SSSR count). The Morgan fingerprint density at radius 2 is 1.43 bits per heavy atom. The van der Waals surface area contributed by atoms with Gasteiger partial charge >= 0.3 is 0 Å². The lowest BCUT2D eigenvalue weighted by atomic mass is 9.79. The minimum absolute atomic E-state index is 0.468. The zero-order chi connectivity index (χ0) is 21.7. The molecule has 1 saturated carbocycles. The number of aryl methyl sites for hydroxylation is 2. The maximum absolute atomic E-state index is 11.3. The summed E-state index contributed by atoms with van der Waals surface area (Å²) in [6, 6.07) is 9.20. The Balaban J connectivity index is 1.97. The van der Waals surface area contributed by atoms with Gasteiger partial charge in [0.2, 0.25) is 0 Å². The molecule has 1 heteroatoms. The van der Waals surface area contributed by atoms with Gasteiger partial charge in [-0.05, 0) is 86.1 Å². The van der Waals surface area contributed by atoms with Crippen LogP contribution in [0.3, 0.4) is 0 Å². The summed E-state index contributed by atoms with van der Waals surface area (Å²) in [6.45, 7) is 11.2. The molecule has 0 amide bonds. The fourth-order valence-electron chi connectivity index (χ4n) is 5.67. The first-order chi connectivity index (χ1) is 14.4. The van der Waals surface area contributed by atoms with E-state index < -0.39 is 0 Å². The minimum Gasteiger partial charge on any atom is -0.507 e. The molecule has 1 aliphatic rings. The molecule has 1 nitrogen and oxygen atoms in total. The second-order valence-corrected chi connectivity index (χ2v) is 9.79. The third-order valence-corrected chi connectivity index (χ3v) is 7.20. The van der Waals surface area contributed by atoms with Gasteiger partial charge in [-0.3, -0.25) is 0 Å². The van der Waals surface area contributed by atoms with Crippen LogP contribution in [0.15, 0.2) is 24.3 Å². The van der Waals surface area contributed by atoms with E-state index in [2.05, 4.69) is 58.9 Å². The van der Waals surface area contributed by atoms with Crippen molar-refractivity contribution >= 4 is 0 Å². The molecule has 0 unspecified atom stereocenters. The normalized spacial score (nSPS) is 15.1. The van der Waals surface area contributed by atoms with Crippen LogP contribution in [0.1, 0.15) is 122 Å². The molecule has 0 heterocycles. The molecule has 0 aromatic heterocycles. The standard InChI is InChI=1S/C29H42O/c1-6-11-23(12-7-2)28-18-21(4)16-26(29(28)30)19-25-15-20(3)17-27(22(25)5)24-13-9-8-10-14-24/h15-18,23-24,30H,6-14,19H2,1-5H3. The molecule has 1 aliphatic carbocycles. The first-order valence-corrected chi connectivity index (χ1v) is 12.4. The molecule has 1 N–H and O–H groups in total. The van der Waals surface area contributed by atoms with Gasteiger partial charge in [-0.1, -0.05) is 81.3 Å². The second kappa shape index (κ2) is 10.5. The average molecular weight is 407 g/mol. The van der Waals surface area contributed by atoms with Crippen LogP contribution in [-0.4, -0.2) is 5.11 Å². The Morgan fingerprint density at radius 1 is 0.833 bits per heavy atom. The SMILES string of the molecule is CCCC(CCC)c1cc(C)cc(Cc2cc(C)cc(C3CCCCC3)c2C)c1O. The van der Waals surface area contributed by atoms with Crippen LogP contribution >= 0.6 is 0 Å². The molecule has 1 fully saturated rings. The van der Waals surface area contributed by atoms with Crippen LogP contribution in [0.4, 0.5) is 0 Å². The van der Waals surface area contributed by atoms with Gasteiger partial charge in [0, 0.05) is 6.42 Å². The number of rotatable bonds is 8. The molecule has 164 valence electrons. The summed E-state index contributed by atoms with van der Waals surface area (Å²) in [5.41, 5.74) is 9.31. The zero-order valence-electron chi connectivity index (χ0n) is 20.0. The smallest absolute Gasteiger partial charge is 0.122 e. The average Bonchev–Trinajstić information content (AvgIpc) is 2.73. The summed E-state index contributed by atoms with van der Waals surface area (Å²) < 4.78 is 0. The Kier molecular flexibility index (Phi) is 8.03. The molecule has 0 saturated heterocycles. The predicted molar refractivity (Wildman–Crippen MR) is 130 cm³/mol. The minimum atomic E-state index is 0.468. The van der Waals surface area contributed by atoms with Gasteiger partial charge < -0.3 is 5.11 Å². The third kappa shape index (κ3) is 5.29. The van der Waals surface area contributed by atoms with E-state index in [0.717, 1.165) is 43.6 Å². The van der Waals surface area contributed by atoms with E-state index in [9.17, 15) is 5.11 Å². The topological polar surface area (TPSA) is 20.2 Å². The van der Waals surface area contributed by atoms with Gasteiger partial charge in [-0.2, -0.15) is 0 Å². The van der Waals surface area contributed by atoms with Crippen molar-refractivity contribution in [1.82, 2.24) is 0 Å². The molecular formula is C29H42O. The van der Waals surface area contributed by atoms with E-state index in [1.54, 1.807) is 5.56 Å². The van der Waals surface area contributed by atoms with Gasteiger partial charge in [0.15, 0.2) is 0 Å². The third-order valence-electron chi connectivity index (χ3n) is 7.20. The molecule has 30 heavy (non-hydrogen) atoms. The van der Waals surface area contributed by atoms with E-state index in [4.69, 9.17) is 0 Å². The van der Waals surface area contributed by atoms with Gasteiger partial charge in [0.25, 0.3) is 0 Å². The number of benzene rings is 2. The Hall–Kier alpha value is -1.76. The zero-order valence-corrected chi connectivity index (χ0v) is 20.0. The van der Waals surface area contributed by atoms with Crippen molar-refractivity contribution in [3.8, 4) is 5.75 Å². The van der Waals surface area contributed by atoms with Crippen LogP contribution in [0, 0.1) is 20.8 Å². The van der Waals surface area contributed by atoms with Crippen molar-refractivity contribution < 1.29 is 5.11 Å². The van der Waals surface area contributed by atoms with Crippen molar-refractivity contribution in [3.05, 3.63) is 63.2 Å². The predicted octanol–water partition coefficient (Wildman–Crippen LogP) is 8.64. The van der Waals surface area contributed by atoms with Crippen molar-refractivity contribution in [1.29, 1.82) is 0 Å². The summed E-state index contributed by atoms with van der Waals surface area (Å²) in [7, 11) is 0.